The van der Waals surface area contributed by atoms with Crippen molar-refractivity contribution in [2.24, 2.45) is 0 Å². The zero-order valence-corrected chi connectivity index (χ0v) is 11.9. The van der Waals surface area contributed by atoms with Crippen LogP contribution in [0.1, 0.15) is 30.9 Å². The summed E-state index contributed by atoms with van der Waals surface area (Å²) in [7, 11) is 2.77. The van der Waals surface area contributed by atoms with Gasteiger partial charge in [0.1, 0.15) is 5.75 Å². The van der Waals surface area contributed by atoms with E-state index in [2.05, 4.69) is 10.1 Å². The van der Waals surface area contributed by atoms with Gasteiger partial charge in [0.15, 0.2) is 0 Å². The van der Waals surface area contributed by atoms with Crippen LogP contribution < -0.4 is 10.1 Å². The normalized spacial score (nSPS) is 10.2. The Morgan fingerprint density at radius 3 is 2.32 bits per heavy atom. The van der Waals surface area contributed by atoms with Crippen molar-refractivity contribution in [3.8, 4) is 5.75 Å². The van der Waals surface area contributed by atoms with Crippen LogP contribution in [-0.2, 0) is 14.3 Å². The predicted octanol–water partition coefficient (Wildman–Crippen LogP) is 2.24. The lowest BCUT2D eigenvalue weighted by Crippen LogP contribution is -2.24. The first-order valence-electron chi connectivity index (χ1n) is 5.98. The summed E-state index contributed by atoms with van der Waals surface area (Å²) >= 11 is 0. The standard InChI is InChI=1S/C14H19NO4/c1-8(2)10-7-11(9(3)6-12(10)18-4)15-13(16)14(17)19-5/h6-8H,1-5H3,(H,15,16). The number of esters is 1. The van der Waals surface area contributed by atoms with Gasteiger partial charge in [0.05, 0.1) is 14.2 Å². The third kappa shape index (κ3) is 3.47. The molecule has 0 atom stereocenters. The van der Waals surface area contributed by atoms with Crippen LogP contribution in [0, 0.1) is 6.92 Å². The van der Waals surface area contributed by atoms with Gasteiger partial charge in [0, 0.05) is 5.69 Å². The van der Waals surface area contributed by atoms with E-state index in [1.54, 1.807) is 7.11 Å². The molecule has 0 radical (unpaired) electrons. The molecule has 104 valence electrons. The van der Waals surface area contributed by atoms with Gasteiger partial charge in [0.2, 0.25) is 0 Å². The molecule has 5 heteroatoms. The quantitative estimate of drug-likeness (QED) is 0.672. The highest BCUT2D eigenvalue weighted by molar-refractivity contribution is 6.37. The molecule has 1 aromatic carbocycles. The number of carbonyl (C=O) groups excluding carboxylic acids is 2. The summed E-state index contributed by atoms with van der Waals surface area (Å²) in [6, 6.07) is 3.65. The summed E-state index contributed by atoms with van der Waals surface area (Å²) in [6.07, 6.45) is 0. The van der Waals surface area contributed by atoms with Crippen molar-refractivity contribution in [3.63, 3.8) is 0 Å². The number of hydrogen-bond acceptors (Lipinski definition) is 4. The first-order chi connectivity index (χ1) is 8.90. The highest BCUT2D eigenvalue weighted by Crippen LogP contribution is 2.31. The number of ether oxygens (including phenoxy) is 2. The Balaban J connectivity index is 3.12. The maximum atomic E-state index is 11.5. The summed E-state index contributed by atoms with van der Waals surface area (Å²) in [6.45, 7) is 5.89. The van der Waals surface area contributed by atoms with E-state index >= 15 is 0 Å². The lowest BCUT2D eigenvalue weighted by Gasteiger charge is -2.16. The Hall–Kier alpha value is -2.04. The van der Waals surface area contributed by atoms with Crippen LogP contribution in [0.2, 0.25) is 0 Å². The lowest BCUT2D eigenvalue weighted by molar-refractivity contribution is -0.150. The molecule has 1 amide bonds. The van der Waals surface area contributed by atoms with E-state index < -0.39 is 11.9 Å². The molecular weight excluding hydrogens is 246 g/mol. The summed E-state index contributed by atoms with van der Waals surface area (Å²) in [4.78, 5) is 22.6. The maximum absolute atomic E-state index is 11.5. The van der Waals surface area contributed by atoms with Crippen molar-refractivity contribution in [1.82, 2.24) is 0 Å². The second-order valence-electron chi connectivity index (χ2n) is 4.51. The molecule has 0 fully saturated rings. The molecule has 1 rings (SSSR count). The molecule has 0 saturated carbocycles. The average Bonchev–Trinajstić information content (AvgIpc) is 2.38. The molecule has 0 aliphatic heterocycles. The minimum atomic E-state index is -0.915. The fraction of sp³-hybridized carbons (Fsp3) is 0.429. The Labute approximate surface area is 112 Å². The molecule has 0 aliphatic carbocycles. The van der Waals surface area contributed by atoms with Gasteiger partial charge < -0.3 is 14.8 Å². The first-order valence-corrected chi connectivity index (χ1v) is 5.98. The van der Waals surface area contributed by atoms with Crippen molar-refractivity contribution < 1.29 is 19.1 Å². The molecular formula is C14H19NO4. The van der Waals surface area contributed by atoms with Gasteiger partial charge in [-0.15, -0.1) is 0 Å². The minimum absolute atomic E-state index is 0.240. The molecule has 0 bridgehead atoms. The van der Waals surface area contributed by atoms with E-state index in [0.717, 1.165) is 16.9 Å². The average molecular weight is 265 g/mol. The van der Waals surface area contributed by atoms with E-state index in [4.69, 9.17) is 4.74 Å². The van der Waals surface area contributed by atoms with Gasteiger partial charge >= 0.3 is 11.9 Å². The topological polar surface area (TPSA) is 64.6 Å². The number of anilines is 1. The number of nitrogens with one attached hydrogen (secondary N) is 1. The number of rotatable bonds is 3. The Morgan fingerprint density at radius 2 is 1.84 bits per heavy atom. The van der Waals surface area contributed by atoms with Gasteiger partial charge in [-0.05, 0) is 36.1 Å². The number of methoxy groups -OCH3 is 2. The van der Waals surface area contributed by atoms with Crippen molar-refractivity contribution in [2.75, 3.05) is 19.5 Å². The van der Waals surface area contributed by atoms with Gasteiger partial charge in [-0.3, -0.25) is 4.79 Å². The number of benzene rings is 1. The summed E-state index contributed by atoms with van der Waals surface area (Å²) in [5.74, 6) is -0.695. The van der Waals surface area contributed by atoms with Crippen molar-refractivity contribution in [1.29, 1.82) is 0 Å². The van der Waals surface area contributed by atoms with E-state index in [1.807, 2.05) is 32.9 Å². The number of hydrogen-bond donors (Lipinski definition) is 1. The number of aryl methyl sites for hydroxylation is 1. The predicted molar refractivity (Wildman–Crippen MR) is 72.5 cm³/mol. The van der Waals surface area contributed by atoms with E-state index in [0.29, 0.717) is 5.69 Å². The Bertz CT molecular complexity index is 494. The summed E-state index contributed by atoms with van der Waals surface area (Å²) in [5.41, 5.74) is 2.37. The van der Waals surface area contributed by atoms with Gasteiger partial charge in [-0.1, -0.05) is 13.8 Å². The van der Waals surface area contributed by atoms with E-state index in [-0.39, 0.29) is 5.92 Å². The highest BCUT2D eigenvalue weighted by atomic mass is 16.5. The largest absolute Gasteiger partial charge is 0.496 e. The molecule has 0 spiro atoms. The fourth-order valence-corrected chi connectivity index (χ4v) is 1.73. The molecule has 0 heterocycles. The monoisotopic (exact) mass is 265 g/mol. The van der Waals surface area contributed by atoms with Crippen LogP contribution in [0.5, 0.6) is 5.75 Å². The molecule has 1 N–H and O–H groups in total. The van der Waals surface area contributed by atoms with Crippen LogP contribution in [0.3, 0.4) is 0 Å². The van der Waals surface area contributed by atoms with Crippen molar-refractivity contribution >= 4 is 17.6 Å². The third-order valence-electron chi connectivity index (χ3n) is 2.82. The number of amides is 1. The third-order valence-corrected chi connectivity index (χ3v) is 2.82. The zero-order valence-electron chi connectivity index (χ0n) is 11.9. The van der Waals surface area contributed by atoms with Gasteiger partial charge in [-0.2, -0.15) is 0 Å². The molecule has 0 unspecified atom stereocenters. The molecule has 0 aliphatic rings. The molecule has 0 aromatic heterocycles. The van der Waals surface area contributed by atoms with Crippen LogP contribution in [0.25, 0.3) is 0 Å². The molecule has 1 aromatic rings. The SMILES string of the molecule is COC(=O)C(=O)Nc1cc(C(C)C)c(OC)cc1C. The fourth-order valence-electron chi connectivity index (χ4n) is 1.73. The van der Waals surface area contributed by atoms with Crippen LogP contribution >= 0.6 is 0 Å². The highest BCUT2D eigenvalue weighted by Gasteiger charge is 2.17. The van der Waals surface area contributed by atoms with Crippen molar-refractivity contribution in [3.05, 3.63) is 23.3 Å². The van der Waals surface area contributed by atoms with Crippen LogP contribution in [-0.4, -0.2) is 26.1 Å². The maximum Gasteiger partial charge on any atom is 0.396 e. The zero-order chi connectivity index (χ0) is 14.6. The number of carbonyl (C=O) groups is 2. The summed E-state index contributed by atoms with van der Waals surface area (Å²) < 4.78 is 9.68. The molecule has 5 nitrogen and oxygen atoms in total. The second-order valence-corrected chi connectivity index (χ2v) is 4.51. The van der Waals surface area contributed by atoms with Crippen LogP contribution in [0.4, 0.5) is 5.69 Å². The van der Waals surface area contributed by atoms with Crippen molar-refractivity contribution in [2.45, 2.75) is 26.7 Å². The minimum Gasteiger partial charge on any atom is -0.496 e. The lowest BCUT2D eigenvalue weighted by atomic mass is 9.99. The smallest absolute Gasteiger partial charge is 0.396 e. The molecule has 19 heavy (non-hydrogen) atoms. The van der Waals surface area contributed by atoms with Crippen LogP contribution in [0.15, 0.2) is 12.1 Å². The second kappa shape index (κ2) is 6.22. The van der Waals surface area contributed by atoms with E-state index in [9.17, 15) is 9.59 Å². The van der Waals surface area contributed by atoms with Gasteiger partial charge in [-0.25, -0.2) is 4.79 Å². The Kier molecular flexibility index (Phi) is 4.92. The summed E-state index contributed by atoms with van der Waals surface area (Å²) in [5, 5.41) is 2.54. The van der Waals surface area contributed by atoms with Gasteiger partial charge in [0.25, 0.3) is 0 Å². The first kappa shape index (κ1) is 15.0. The molecule has 0 saturated heterocycles. The van der Waals surface area contributed by atoms with E-state index in [1.165, 1.54) is 7.11 Å². The Morgan fingerprint density at radius 1 is 1.21 bits per heavy atom.